The molecule has 2 heterocycles. The molecular weight excluding hydrogens is 274 g/mol. The first-order valence-electron chi connectivity index (χ1n) is 6.58. The molecule has 20 heavy (non-hydrogen) atoms. The second-order valence-electron chi connectivity index (χ2n) is 5.07. The highest BCUT2D eigenvalue weighted by Gasteiger charge is 2.17. The molecule has 3 N–H and O–H groups in total. The number of nitrogens with zero attached hydrogens (tertiary/aromatic N) is 1. The fourth-order valence-corrected chi connectivity index (χ4v) is 2.49. The molecule has 2 aromatic rings. The van der Waals surface area contributed by atoms with Crippen LogP contribution in [0, 0.1) is 5.92 Å². The largest absolute Gasteiger partial charge is 0.446 e. The van der Waals surface area contributed by atoms with Crippen molar-refractivity contribution in [2.75, 3.05) is 0 Å². The summed E-state index contributed by atoms with van der Waals surface area (Å²) in [5.41, 5.74) is 6.25. The van der Waals surface area contributed by atoms with Crippen molar-refractivity contribution in [3.63, 3.8) is 0 Å². The molecule has 0 radical (unpaired) electrons. The molecule has 0 saturated carbocycles. The number of nitrogens with one attached hydrogen (secondary N) is 1. The van der Waals surface area contributed by atoms with Gasteiger partial charge in [-0.2, -0.15) is 0 Å². The predicted molar refractivity (Wildman–Crippen MR) is 78.4 cm³/mol. The van der Waals surface area contributed by atoms with Gasteiger partial charge in [-0.3, -0.25) is 4.79 Å². The zero-order valence-electron chi connectivity index (χ0n) is 11.6. The zero-order valence-corrected chi connectivity index (χ0v) is 12.4. The first-order valence-corrected chi connectivity index (χ1v) is 7.45. The van der Waals surface area contributed by atoms with Gasteiger partial charge in [-0.25, -0.2) is 4.98 Å². The molecule has 2 aromatic heterocycles. The Morgan fingerprint density at radius 1 is 1.55 bits per heavy atom. The second-order valence-corrected chi connectivity index (χ2v) is 6.10. The minimum Gasteiger partial charge on any atom is -0.446 e. The molecule has 0 aromatic carbocycles. The third-order valence-corrected chi connectivity index (χ3v) is 3.68. The summed E-state index contributed by atoms with van der Waals surface area (Å²) < 4.78 is 5.29. The molecule has 0 bridgehead atoms. The summed E-state index contributed by atoms with van der Waals surface area (Å²) >= 11 is 1.60. The number of thiophene rings is 1. The van der Waals surface area contributed by atoms with E-state index < -0.39 is 0 Å². The molecule has 0 spiro atoms. The van der Waals surface area contributed by atoms with Crippen LogP contribution in [0.1, 0.15) is 47.6 Å². The summed E-state index contributed by atoms with van der Waals surface area (Å²) in [5.74, 6) is 0.623. The normalized spacial score (nSPS) is 12.6. The molecular formula is C14H19N3O2S. The van der Waals surface area contributed by atoms with Crippen LogP contribution in [0.15, 0.2) is 28.2 Å². The van der Waals surface area contributed by atoms with E-state index in [-0.39, 0.29) is 17.6 Å². The van der Waals surface area contributed by atoms with Crippen molar-refractivity contribution in [1.29, 1.82) is 0 Å². The van der Waals surface area contributed by atoms with E-state index in [2.05, 4.69) is 24.1 Å². The summed E-state index contributed by atoms with van der Waals surface area (Å²) in [7, 11) is 0. The van der Waals surface area contributed by atoms with E-state index in [1.807, 2.05) is 17.5 Å². The zero-order chi connectivity index (χ0) is 14.5. The smallest absolute Gasteiger partial charge is 0.273 e. The van der Waals surface area contributed by atoms with Crippen molar-refractivity contribution in [2.24, 2.45) is 11.7 Å². The number of carbonyl (C=O) groups is 1. The Morgan fingerprint density at radius 3 is 3.00 bits per heavy atom. The van der Waals surface area contributed by atoms with Gasteiger partial charge in [0.05, 0.1) is 12.6 Å². The molecule has 5 nitrogen and oxygen atoms in total. The summed E-state index contributed by atoms with van der Waals surface area (Å²) in [5, 5.41) is 4.78. The maximum atomic E-state index is 11.9. The van der Waals surface area contributed by atoms with Crippen molar-refractivity contribution in [2.45, 2.75) is 32.9 Å². The van der Waals surface area contributed by atoms with Gasteiger partial charge in [-0.05, 0) is 23.8 Å². The summed E-state index contributed by atoms with van der Waals surface area (Å²) in [6.07, 6.45) is 2.13. The number of nitrogens with two attached hydrogens (primary N) is 1. The maximum Gasteiger partial charge on any atom is 0.273 e. The van der Waals surface area contributed by atoms with Gasteiger partial charge in [0.2, 0.25) is 5.89 Å². The van der Waals surface area contributed by atoms with Crippen LogP contribution in [0.3, 0.4) is 0 Å². The van der Waals surface area contributed by atoms with Crippen LogP contribution in [-0.4, -0.2) is 10.9 Å². The van der Waals surface area contributed by atoms with E-state index >= 15 is 0 Å². The highest BCUT2D eigenvalue weighted by atomic mass is 32.1. The number of hydrogen-bond donors (Lipinski definition) is 2. The van der Waals surface area contributed by atoms with Gasteiger partial charge in [0.25, 0.3) is 5.91 Å². The molecule has 0 aliphatic rings. The third-order valence-electron chi connectivity index (χ3n) is 2.80. The van der Waals surface area contributed by atoms with Crippen LogP contribution < -0.4 is 11.1 Å². The Labute approximate surface area is 122 Å². The van der Waals surface area contributed by atoms with Crippen molar-refractivity contribution < 1.29 is 9.21 Å². The highest BCUT2D eigenvalue weighted by Crippen LogP contribution is 2.18. The Kier molecular flexibility index (Phi) is 4.92. The van der Waals surface area contributed by atoms with Gasteiger partial charge in [0.1, 0.15) is 6.26 Å². The lowest BCUT2D eigenvalue weighted by atomic mass is 10.0. The van der Waals surface area contributed by atoms with Crippen molar-refractivity contribution in [1.82, 2.24) is 10.3 Å². The molecule has 2 rings (SSSR count). The van der Waals surface area contributed by atoms with Crippen LogP contribution >= 0.6 is 11.3 Å². The molecule has 1 atom stereocenters. The standard InChI is InChI=1S/C14H19N3O2S/c1-9(2)6-11(15)14-17-12(8-19-14)13(18)16-7-10-4-3-5-20-10/h3-5,8-9,11H,6-7,15H2,1-2H3,(H,16,18). The van der Waals surface area contributed by atoms with E-state index in [0.717, 1.165) is 11.3 Å². The van der Waals surface area contributed by atoms with Gasteiger partial charge in [-0.15, -0.1) is 11.3 Å². The van der Waals surface area contributed by atoms with Crippen LogP contribution in [0.4, 0.5) is 0 Å². The number of amides is 1. The van der Waals surface area contributed by atoms with Crippen LogP contribution in [-0.2, 0) is 6.54 Å². The van der Waals surface area contributed by atoms with Crippen LogP contribution in [0.5, 0.6) is 0 Å². The van der Waals surface area contributed by atoms with Gasteiger partial charge in [0, 0.05) is 4.88 Å². The van der Waals surface area contributed by atoms with Gasteiger partial charge in [-0.1, -0.05) is 19.9 Å². The molecule has 108 valence electrons. The lowest BCUT2D eigenvalue weighted by molar-refractivity contribution is 0.0946. The molecule has 1 unspecified atom stereocenters. The van der Waals surface area contributed by atoms with E-state index in [9.17, 15) is 4.79 Å². The van der Waals surface area contributed by atoms with E-state index in [4.69, 9.17) is 10.2 Å². The molecule has 6 heteroatoms. The third kappa shape index (κ3) is 3.91. The number of oxazole rings is 1. The lowest BCUT2D eigenvalue weighted by Crippen LogP contribution is -2.23. The minimum absolute atomic E-state index is 0.245. The Morgan fingerprint density at radius 2 is 2.35 bits per heavy atom. The molecule has 0 saturated heterocycles. The topological polar surface area (TPSA) is 81.1 Å². The predicted octanol–water partition coefficient (Wildman–Crippen LogP) is 2.71. The van der Waals surface area contributed by atoms with E-state index in [0.29, 0.717) is 18.4 Å². The monoisotopic (exact) mass is 293 g/mol. The highest BCUT2D eigenvalue weighted by molar-refractivity contribution is 7.09. The van der Waals surface area contributed by atoms with Crippen LogP contribution in [0.25, 0.3) is 0 Å². The second kappa shape index (κ2) is 6.67. The molecule has 0 fully saturated rings. The SMILES string of the molecule is CC(C)CC(N)c1nc(C(=O)NCc2cccs2)co1. The number of hydrogen-bond acceptors (Lipinski definition) is 5. The number of aromatic nitrogens is 1. The van der Waals surface area contributed by atoms with Gasteiger partial charge < -0.3 is 15.5 Å². The average Bonchev–Trinajstić information content (AvgIpc) is 3.06. The fourth-order valence-electron chi connectivity index (χ4n) is 1.84. The molecule has 0 aliphatic carbocycles. The minimum atomic E-state index is -0.270. The van der Waals surface area contributed by atoms with E-state index in [1.54, 1.807) is 11.3 Å². The van der Waals surface area contributed by atoms with Crippen molar-refractivity contribution in [3.05, 3.63) is 40.2 Å². The Bertz CT molecular complexity index is 549. The summed E-state index contributed by atoms with van der Waals surface area (Å²) in [4.78, 5) is 17.2. The number of carbonyl (C=O) groups excluding carboxylic acids is 1. The average molecular weight is 293 g/mol. The number of rotatable bonds is 6. The van der Waals surface area contributed by atoms with Gasteiger partial charge in [0.15, 0.2) is 5.69 Å². The van der Waals surface area contributed by atoms with Crippen molar-refractivity contribution >= 4 is 17.2 Å². The van der Waals surface area contributed by atoms with Crippen molar-refractivity contribution in [3.8, 4) is 0 Å². The lowest BCUT2D eigenvalue weighted by Gasteiger charge is -2.09. The van der Waals surface area contributed by atoms with Gasteiger partial charge >= 0.3 is 0 Å². The summed E-state index contributed by atoms with van der Waals surface area (Å²) in [6.45, 7) is 4.66. The molecule has 0 aliphatic heterocycles. The van der Waals surface area contributed by atoms with E-state index in [1.165, 1.54) is 6.26 Å². The quantitative estimate of drug-likeness (QED) is 0.858. The first-order chi connectivity index (χ1) is 9.56. The maximum absolute atomic E-state index is 11.9. The Hall–Kier alpha value is -1.66. The molecule has 1 amide bonds. The fraction of sp³-hybridized carbons (Fsp3) is 0.429. The first kappa shape index (κ1) is 14.7. The van der Waals surface area contributed by atoms with Crippen LogP contribution in [0.2, 0.25) is 0 Å². The Balaban J connectivity index is 1.92. The summed E-state index contributed by atoms with van der Waals surface area (Å²) in [6, 6.07) is 3.65.